The summed E-state index contributed by atoms with van der Waals surface area (Å²) in [6.45, 7) is 3.83. The molecule has 52 valence electrons. The topological polar surface area (TPSA) is 26.3 Å². The molecule has 0 saturated carbocycles. The van der Waals surface area contributed by atoms with Crippen LogP contribution in [0.4, 0.5) is 0 Å². The molecule has 0 aliphatic rings. The van der Waals surface area contributed by atoms with Crippen molar-refractivity contribution in [2.24, 2.45) is 0 Å². The van der Waals surface area contributed by atoms with E-state index in [1.807, 2.05) is 13.8 Å². The summed E-state index contributed by atoms with van der Waals surface area (Å²) in [5, 5.41) is 0. The second kappa shape index (κ2) is 9.54. The molecule has 0 rings (SSSR count). The molecule has 0 spiro atoms. The molecule has 0 saturated heterocycles. The van der Waals surface area contributed by atoms with Gasteiger partial charge in [-0.15, -0.1) is 0 Å². The fourth-order valence-corrected chi connectivity index (χ4v) is 1.65. The van der Waals surface area contributed by atoms with E-state index in [4.69, 9.17) is 3.97 Å². The third-order valence-corrected chi connectivity index (χ3v) is 2.59. The Morgan fingerprint density at radius 3 is 2.44 bits per heavy atom. The third kappa shape index (κ3) is 9.54. The number of hydrogen-bond donors (Lipinski definition) is 0. The average molecular weight is 178 g/mol. The fourth-order valence-electron chi connectivity index (χ4n) is 0.184. The molecule has 0 amide bonds. The molecular weight excluding hydrogens is 166 g/mol. The normalized spacial score (nSPS) is 12.2. The standard InChI is InChI=1S/C4H11O2PS.Na.H/c1-3-7(5)6-8-4-2;;/h7H,3-4H2,1-2H3;;. The maximum atomic E-state index is 10.5. The molecule has 0 aliphatic heterocycles. The zero-order chi connectivity index (χ0) is 6.41. The minimum absolute atomic E-state index is 0. The van der Waals surface area contributed by atoms with Gasteiger partial charge >= 0.3 is 29.6 Å². The summed E-state index contributed by atoms with van der Waals surface area (Å²) < 4.78 is 15.3. The van der Waals surface area contributed by atoms with Crippen LogP contribution in [0.1, 0.15) is 13.8 Å². The van der Waals surface area contributed by atoms with Crippen molar-refractivity contribution in [3.8, 4) is 0 Å². The predicted molar refractivity (Wildman–Crippen MR) is 45.9 cm³/mol. The molecule has 0 bridgehead atoms. The summed E-state index contributed by atoms with van der Waals surface area (Å²) in [5.74, 6) is 0.871. The van der Waals surface area contributed by atoms with Crippen LogP contribution in [-0.4, -0.2) is 41.5 Å². The van der Waals surface area contributed by atoms with Crippen molar-refractivity contribution in [2.75, 3.05) is 11.9 Å². The van der Waals surface area contributed by atoms with Crippen LogP contribution in [-0.2, 0) is 8.54 Å². The molecule has 1 unspecified atom stereocenters. The Morgan fingerprint density at radius 1 is 1.56 bits per heavy atom. The van der Waals surface area contributed by atoms with Crippen LogP contribution in [0, 0.1) is 0 Å². The Morgan fingerprint density at radius 2 is 2.11 bits per heavy atom. The van der Waals surface area contributed by atoms with E-state index in [0.29, 0.717) is 6.16 Å². The Labute approximate surface area is 83.5 Å². The molecule has 0 aromatic carbocycles. The van der Waals surface area contributed by atoms with E-state index < -0.39 is 8.03 Å². The Balaban J connectivity index is 0. The number of hydrogen-bond acceptors (Lipinski definition) is 3. The molecule has 2 nitrogen and oxygen atoms in total. The van der Waals surface area contributed by atoms with Gasteiger partial charge in [-0.2, -0.15) is 0 Å². The van der Waals surface area contributed by atoms with E-state index in [-0.39, 0.29) is 29.6 Å². The quantitative estimate of drug-likeness (QED) is 0.371. The zero-order valence-corrected chi connectivity index (χ0v) is 6.96. The van der Waals surface area contributed by atoms with Gasteiger partial charge in [-0.25, -0.2) is 0 Å². The van der Waals surface area contributed by atoms with Crippen LogP contribution in [0.3, 0.4) is 0 Å². The number of rotatable bonds is 4. The van der Waals surface area contributed by atoms with E-state index in [9.17, 15) is 4.57 Å². The van der Waals surface area contributed by atoms with Gasteiger partial charge in [0.1, 0.15) is 0 Å². The van der Waals surface area contributed by atoms with Gasteiger partial charge in [-0.05, 0) is 12.0 Å². The average Bonchev–Trinajstić information content (AvgIpc) is 1.83. The predicted octanol–water partition coefficient (Wildman–Crippen LogP) is 1.52. The van der Waals surface area contributed by atoms with Crippen molar-refractivity contribution < 1.29 is 8.54 Å². The summed E-state index contributed by atoms with van der Waals surface area (Å²) >= 11 is 1.27. The zero-order valence-electron chi connectivity index (χ0n) is 5.14. The van der Waals surface area contributed by atoms with Gasteiger partial charge in [-0.3, -0.25) is 8.54 Å². The second-order valence-electron chi connectivity index (χ2n) is 1.22. The Hall–Kier alpha value is 1.54. The van der Waals surface area contributed by atoms with Gasteiger partial charge in [0.15, 0.2) is 0 Å². The Kier molecular flexibility index (Phi) is 13.9. The first-order chi connectivity index (χ1) is 3.81. The minimum atomic E-state index is -1.68. The van der Waals surface area contributed by atoms with Crippen LogP contribution in [0.25, 0.3) is 0 Å². The molecule has 1 atom stereocenters. The molecule has 0 aromatic rings. The van der Waals surface area contributed by atoms with Crippen LogP contribution < -0.4 is 0 Å². The summed E-state index contributed by atoms with van der Waals surface area (Å²) in [4.78, 5) is 0. The SMILES string of the molecule is CCSO[PH](=O)CC.[NaH]. The molecule has 0 radical (unpaired) electrons. The van der Waals surface area contributed by atoms with Gasteiger partial charge in [0.25, 0.3) is 0 Å². The van der Waals surface area contributed by atoms with E-state index in [2.05, 4.69) is 0 Å². The molecule has 0 aromatic heterocycles. The van der Waals surface area contributed by atoms with Crippen molar-refractivity contribution in [3.05, 3.63) is 0 Å². The third-order valence-electron chi connectivity index (χ3n) is 0.558. The van der Waals surface area contributed by atoms with E-state index in [0.717, 1.165) is 5.75 Å². The van der Waals surface area contributed by atoms with Crippen LogP contribution in [0.5, 0.6) is 0 Å². The first-order valence-electron chi connectivity index (χ1n) is 2.63. The summed E-state index contributed by atoms with van der Waals surface area (Å²) in [5.41, 5.74) is 0. The van der Waals surface area contributed by atoms with Gasteiger partial charge in [0, 0.05) is 11.9 Å². The monoisotopic (exact) mass is 178 g/mol. The van der Waals surface area contributed by atoms with Crippen molar-refractivity contribution in [3.63, 3.8) is 0 Å². The second-order valence-corrected chi connectivity index (χ2v) is 4.15. The molecule has 5 heteroatoms. The summed E-state index contributed by atoms with van der Waals surface area (Å²) in [7, 11) is -1.68. The molecule has 9 heavy (non-hydrogen) atoms. The van der Waals surface area contributed by atoms with Crippen LogP contribution in [0.2, 0.25) is 0 Å². The molecule has 0 heterocycles. The van der Waals surface area contributed by atoms with Crippen molar-refractivity contribution in [1.82, 2.24) is 0 Å². The molecule has 0 N–H and O–H groups in total. The van der Waals surface area contributed by atoms with Gasteiger partial charge < -0.3 is 0 Å². The summed E-state index contributed by atoms with van der Waals surface area (Å²) in [6.07, 6.45) is 0.650. The van der Waals surface area contributed by atoms with Crippen molar-refractivity contribution in [1.29, 1.82) is 0 Å². The Bertz CT molecular complexity index is 81.0. The first-order valence-corrected chi connectivity index (χ1v) is 5.07. The van der Waals surface area contributed by atoms with Gasteiger partial charge in [-0.1, -0.05) is 13.8 Å². The van der Waals surface area contributed by atoms with Crippen molar-refractivity contribution >= 4 is 49.6 Å². The van der Waals surface area contributed by atoms with E-state index >= 15 is 0 Å². The van der Waals surface area contributed by atoms with Crippen molar-refractivity contribution in [2.45, 2.75) is 13.8 Å². The first kappa shape index (κ1) is 13.2. The van der Waals surface area contributed by atoms with Crippen LogP contribution >= 0.6 is 20.1 Å². The summed E-state index contributed by atoms with van der Waals surface area (Å²) in [6, 6.07) is 0. The molecule has 0 fully saturated rings. The molecular formula is C4H12NaO2PS. The van der Waals surface area contributed by atoms with E-state index in [1.54, 1.807) is 0 Å². The van der Waals surface area contributed by atoms with Gasteiger partial charge in [0.2, 0.25) is 8.03 Å². The fraction of sp³-hybridized carbons (Fsp3) is 1.00. The molecule has 0 aliphatic carbocycles. The maximum absolute atomic E-state index is 10.5. The van der Waals surface area contributed by atoms with E-state index in [1.165, 1.54) is 12.0 Å². The van der Waals surface area contributed by atoms with Gasteiger partial charge in [0.05, 0.1) is 0 Å². The van der Waals surface area contributed by atoms with Crippen LogP contribution in [0.15, 0.2) is 0 Å².